The van der Waals surface area contributed by atoms with Crippen molar-refractivity contribution in [3.63, 3.8) is 0 Å². The van der Waals surface area contributed by atoms with Gasteiger partial charge < -0.3 is 11.1 Å². The standard InChI is InChI=1S/C8H13N3S/c1-12-3-2-11-8-4-7(9)5-10-6-8/h4-6,11H,2-3,9H2,1H3. The predicted molar refractivity (Wildman–Crippen MR) is 55.5 cm³/mol. The minimum Gasteiger partial charge on any atom is -0.397 e. The zero-order chi connectivity index (χ0) is 8.81. The summed E-state index contributed by atoms with van der Waals surface area (Å²) in [4.78, 5) is 3.97. The highest BCUT2D eigenvalue weighted by Crippen LogP contribution is 2.08. The molecule has 1 aromatic heterocycles. The Morgan fingerprint density at radius 1 is 1.58 bits per heavy atom. The first-order valence-electron chi connectivity index (χ1n) is 3.76. The van der Waals surface area contributed by atoms with Gasteiger partial charge in [0.2, 0.25) is 0 Å². The number of nitrogens with two attached hydrogens (primary N) is 1. The van der Waals surface area contributed by atoms with Crippen LogP contribution in [0.4, 0.5) is 11.4 Å². The third-order valence-electron chi connectivity index (χ3n) is 1.39. The van der Waals surface area contributed by atoms with E-state index in [2.05, 4.69) is 16.6 Å². The van der Waals surface area contributed by atoms with Crippen molar-refractivity contribution < 1.29 is 0 Å². The fourth-order valence-electron chi connectivity index (χ4n) is 0.852. The fraction of sp³-hybridized carbons (Fsp3) is 0.375. The van der Waals surface area contributed by atoms with Gasteiger partial charge in [-0.15, -0.1) is 0 Å². The Labute approximate surface area is 76.8 Å². The molecule has 0 fully saturated rings. The lowest BCUT2D eigenvalue weighted by Gasteiger charge is -2.04. The highest BCUT2D eigenvalue weighted by molar-refractivity contribution is 7.98. The summed E-state index contributed by atoms with van der Waals surface area (Å²) in [6.45, 7) is 0.951. The van der Waals surface area contributed by atoms with E-state index in [1.807, 2.05) is 17.8 Å². The molecule has 0 aliphatic heterocycles. The Morgan fingerprint density at radius 3 is 3.08 bits per heavy atom. The molecule has 0 saturated carbocycles. The van der Waals surface area contributed by atoms with Crippen LogP contribution in [-0.4, -0.2) is 23.5 Å². The molecule has 4 heteroatoms. The van der Waals surface area contributed by atoms with Gasteiger partial charge in [-0.3, -0.25) is 4.98 Å². The number of hydrogen-bond donors (Lipinski definition) is 2. The lowest BCUT2D eigenvalue weighted by Crippen LogP contribution is -2.04. The molecule has 0 atom stereocenters. The van der Waals surface area contributed by atoms with Crippen molar-refractivity contribution >= 4 is 23.1 Å². The number of hydrogen-bond acceptors (Lipinski definition) is 4. The fourth-order valence-corrected chi connectivity index (χ4v) is 1.16. The van der Waals surface area contributed by atoms with Gasteiger partial charge in [-0.25, -0.2) is 0 Å². The molecule has 12 heavy (non-hydrogen) atoms. The Balaban J connectivity index is 2.41. The maximum atomic E-state index is 5.56. The maximum absolute atomic E-state index is 5.56. The van der Waals surface area contributed by atoms with Crippen LogP contribution in [0.2, 0.25) is 0 Å². The van der Waals surface area contributed by atoms with E-state index >= 15 is 0 Å². The van der Waals surface area contributed by atoms with Crippen molar-refractivity contribution in [3.8, 4) is 0 Å². The van der Waals surface area contributed by atoms with E-state index in [0.29, 0.717) is 5.69 Å². The Hall–Kier alpha value is -0.900. The smallest absolute Gasteiger partial charge is 0.0547 e. The number of nitrogens with one attached hydrogen (secondary N) is 1. The molecule has 1 aromatic rings. The molecular weight excluding hydrogens is 170 g/mol. The molecule has 3 N–H and O–H groups in total. The molecule has 0 bridgehead atoms. The number of aromatic nitrogens is 1. The quantitative estimate of drug-likeness (QED) is 0.693. The molecule has 1 rings (SSSR count). The SMILES string of the molecule is CSCCNc1cncc(N)c1. The summed E-state index contributed by atoms with van der Waals surface area (Å²) < 4.78 is 0. The molecule has 0 radical (unpaired) electrons. The van der Waals surface area contributed by atoms with Crippen LogP contribution in [-0.2, 0) is 0 Å². The second kappa shape index (κ2) is 4.87. The summed E-state index contributed by atoms with van der Waals surface area (Å²) in [5, 5.41) is 3.22. The van der Waals surface area contributed by atoms with Crippen LogP contribution in [0, 0.1) is 0 Å². The molecule has 1 heterocycles. The molecule has 0 saturated heterocycles. The van der Waals surface area contributed by atoms with Crippen molar-refractivity contribution in [1.29, 1.82) is 0 Å². The molecule has 0 spiro atoms. The van der Waals surface area contributed by atoms with Crippen molar-refractivity contribution in [2.75, 3.05) is 29.6 Å². The maximum Gasteiger partial charge on any atom is 0.0547 e. The van der Waals surface area contributed by atoms with E-state index < -0.39 is 0 Å². The summed E-state index contributed by atoms with van der Waals surface area (Å²) in [5.74, 6) is 1.09. The van der Waals surface area contributed by atoms with E-state index in [9.17, 15) is 0 Å². The lowest BCUT2D eigenvalue weighted by molar-refractivity contribution is 1.21. The van der Waals surface area contributed by atoms with Crippen LogP contribution in [0.15, 0.2) is 18.5 Å². The van der Waals surface area contributed by atoms with Crippen LogP contribution in [0.1, 0.15) is 0 Å². The number of anilines is 2. The van der Waals surface area contributed by atoms with Crippen LogP contribution < -0.4 is 11.1 Å². The lowest BCUT2D eigenvalue weighted by atomic mass is 10.4. The number of pyridine rings is 1. The van der Waals surface area contributed by atoms with Gasteiger partial charge in [0.25, 0.3) is 0 Å². The molecule has 0 unspecified atom stereocenters. The van der Waals surface area contributed by atoms with Gasteiger partial charge >= 0.3 is 0 Å². The summed E-state index contributed by atoms with van der Waals surface area (Å²) in [6.07, 6.45) is 5.50. The van der Waals surface area contributed by atoms with Gasteiger partial charge in [0, 0.05) is 18.5 Å². The van der Waals surface area contributed by atoms with E-state index in [1.54, 1.807) is 12.4 Å². The number of thioether (sulfide) groups is 1. The van der Waals surface area contributed by atoms with Gasteiger partial charge in [-0.2, -0.15) is 11.8 Å². The first-order valence-corrected chi connectivity index (χ1v) is 5.15. The monoisotopic (exact) mass is 183 g/mol. The van der Waals surface area contributed by atoms with Crippen molar-refractivity contribution in [2.24, 2.45) is 0 Å². The Morgan fingerprint density at radius 2 is 2.42 bits per heavy atom. The van der Waals surface area contributed by atoms with Crippen molar-refractivity contribution in [2.45, 2.75) is 0 Å². The zero-order valence-electron chi connectivity index (χ0n) is 7.08. The second-order valence-electron chi connectivity index (χ2n) is 2.43. The van der Waals surface area contributed by atoms with Crippen LogP contribution in [0.3, 0.4) is 0 Å². The normalized spacial score (nSPS) is 9.75. The molecular formula is C8H13N3S. The van der Waals surface area contributed by atoms with Crippen LogP contribution in [0.25, 0.3) is 0 Å². The van der Waals surface area contributed by atoms with Gasteiger partial charge in [0.15, 0.2) is 0 Å². The number of nitrogen functional groups attached to an aromatic ring is 1. The summed E-state index contributed by atoms with van der Waals surface area (Å²) in [6, 6.07) is 1.88. The summed E-state index contributed by atoms with van der Waals surface area (Å²) in [5.41, 5.74) is 7.24. The summed E-state index contributed by atoms with van der Waals surface area (Å²) in [7, 11) is 0. The van der Waals surface area contributed by atoms with Crippen LogP contribution >= 0.6 is 11.8 Å². The predicted octanol–water partition coefficient (Wildman–Crippen LogP) is 1.44. The van der Waals surface area contributed by atoms with E-state index in [4.69, 9.17) is 5.73 Å². The van der Waals surface area contributed by atoms with Gasteiger partial charge in [0.1, 0.15) is 0 Å². The van der Waals surface area contributed by atoms with Crippen molar-refractivity contribution in [3.05, 3.63) is 18.5 Å². The minimum absolute atomic E-state index is 0.698. The number of rotatable bonds is 4. The highest BCUT2D eigenvalue weighted by Gasteiger charge is 1.91. The Kier molecular flexibility index (Phi) is 3.73. The Bertz CT molecular complexity index is 239. The average molecular weight is 183 g/mol. The van der Waals surface area contributed by atoms with E-state index in [0.717, 1.165) is 18.0 Å². The molecule has 0 aliphatic rings. The van der Waals surface area contributed by atoms with Crippen molar-refractivity contribution in [1.82, 2.24) is 4.98 Å². The second-order valence-corrected chi connectivity index (χ2v) is 3.41. The third-order valence-corrected chi connectivity index (χ3v) is 2.01. The molecule has 3 nitrogen and oxygen atoms in total. The molecule has 66 valence electrons. The topological polar surface area (TPSA) is 50.9 Å². The first kappa shape index (κ1) is 9.19. The molecule has 0 aromatic carbocycles. The average Bonchev–Trinajstić information content (AvgIpc) is 2.05. The summed E-state index contributed by atoms with van der Waals surface area (Å²) >= 11 is 1.81. The number of nitrogens with zero attached hydrogens (tertiary/aromatic N) is 1. The van der Waals surface area contributed by atoms with Gasteiger partial charge in [0.05, 0.1) is 17.6 Å². The zero-order valence-corrected chi connectivity index (χ0v) is 7.90. The first-order chi connectivity index (χ1) is 5.83. The largest absolute Gasteiger partial charge is 0.397 e. The minimum atomic E-state index is 0.698. The van der Waals surface area contributed by atoms with Gasteiger partial charge in [-0.1, -0.05) is 0 Å². The third kappa shape index (κ3) is 3.00. The molecule has 0 amide bonds. The van der Waals surface area contributed by atoms with E-state index in [1.165, 1.54) is 0 Å². The van der Waals surface area contributed by atoms with Gasteiger partial charge in [-0.05, 0) is 12.3 Å². The van der Waals surface area contributed by atoms with E-state index in [-0.39, 0.29) is 0 Å². The highest BCUT2D eigenvalue weighted by atomic mass is 32.2. The van der Waals surface area contributed by atoms with Crippen LogP contribution in [0.5, 0.6) is 0 Å². The molecule has 0 aliphatic carbocycles.